The summed E-state index contributed by atoms with van der Waals surface area (Å²) in [4.78, 5) is 2.68. The van der Waals surface area contributed by atoms with E-state index in [4.69, 9.17) is 0 Å². The molecule has 2 unspecified atom stereocenters. The molecule has 2 bridgehead atoms. The lowest BCUT2D eigenvalue weighted by Crippen LogP contribution is -2.47. The van der Waals surface area contributed by atoms with Gasteiger partial charge in [-0.1, -0.05) is 24.5 Å². The second-order valence-corrected chi connectivity index (χ2v) is 5.62. The van der Waals surface area contributed by atoms with Crippen molar-refractivity contribution in [2.24, 2.45) is 0 Å². The van der Waals surface area contributed by atoms with Gasteiger partial charge in [0.15, 0.2) is 0 Å². The Bertz CT molecular complexity index is 161. The lowest BCUT2D eigenvalue weighted by molar-refractivity contribution is 0.135. The smallest absolute Gasteiger partial charge is 0.130 e. The zero-order chi connectivity index (χ0) is 8.77. The van der Waals surface area contributed by atoms with Gasteiger partial charge in [-0.15, -0.1) is 0 Å². The molecule has 0 saturated carbocycles. The number of hydrogen-bond donors (Lipinski definition) is 0. The molecule has 0 aromatic heterocycles. The molecule has 12 heavy (non-hydrogen) atoms. The molecule has 2 aliphatic heterocycles. The van der Waals surface area contributed by atoms with E-state index >= 15 is 0 Å². The highest BCUT2D eigenvalue weighted by molar-refractivity contribution is 6.41. The van der Waals surface area contributed by atoms with Crippen molar-refractivity contribution in [1.82, 2.24) is 4.90 Å². The van der Waals surface area contributed by atoms with Gasteiger partial charge in [0.1, 0.15) is 7.28 Å². The van der Waals surface area contributed by atoms with Crippen LogP contribution in [0.4, 0.5) is 0 Å². The first kappa shape index (κ1) is 8.62. The average Bonchev–Trinajstić information content (AvgIpc) is 2.28. The van der Waals surface area contributed by atoms with Gasteiger partial charge in [0, 0.05) is 5.54 Å². The van der Waals surface area contributed by atoms with Crippen LogP contribution in [0.15, 0.2) is 0 Å². The van der Waals surface area contributed by atoms with E-state index in [9.17, 15) is 0 Å². The molecule has 2 saturated heterocycles. The fourth-order valence-electron chi connectivity index (χ4n) is 2.76. The molecule has 68 valence electrons. The molecule has 2 heterocycles. The average molecular weight is 165 g/mol. The van der Waals surface area contributed by atoms with Gasteiger partial charge in [-0.25, -0.2) is 0 Å². The second kappa shape index (κ2) is 2.76. The van der Waals surface area contributed by atoms with Crippen molar-refractivity contribution in [3.63, 3.8) is 0 Å². The minimum atomic E-state index is 0.404. The largest absolute Gasteiger partial charge is 0.299 e. The molecular formula is C10H20BN. The Morgan fingerprint density at radius 2 is 1.58 bits per heavy atom. The van der Waals surface area contributed by atoms with Crippen molar-refractivity contribution in [3.8, 4) is 0 Å². The summed E-state index contributed by atoms with van der Waals surface area (Å²) in [5, 5.41) is 0. The Hall–Kier alpha value is 0.0249. The van der Waals surface area contributed by atoms with Gasteiger partial charge in [-0.2, -0.15) is 0 Å². The van der Waals surface area contributed by atoms with E-state index in [0.29, 0.717) is 5.54 Å². The van der Waals surface area contributed by atoms with Gasteiger partial charge in [-0.05, 0) is 33.9 Å². The minimum Gasteiger partial charge on any atom is -0.299 e. The zero-order valence-electron chi connectivity index (χ0n) is 8.64. The summed E-state index contributed by atoms with van der Waals surface area (Å²) in [6.07, 6.45) is 2.99. The topological polar surface area (TPSA) is 3.24 Å². The summed E-state index contributed by atoms with van der Waals surface area (Å²) >= 11 is 0. The molecule has 0 N–H and O–H groups in total. The van der Waals surface area contributed by atoms with E-state index in [1.54, 1.807) is 0 Å². The van der Waals surface area contributed by atoms with E-state index in [0.717, 1.165) is 11.6 Å². The van der Waals surface area contributed by atoms with Crippen LogP contribution in [-0.2, 0) is 0 Å². The molecule has 0 aliphatic carbocycles. The summed E-state index contributed by atoms with van der Waals surface area (Å²) in [6, 6.07) is 0. The molecule has 0 aromatic rings. The van der Waals surface area contributed by atoms with E-state index in [-0.39, 0.29) is 0 Å². The summed E-state index contributed by atoms with van der Waals surface area (Å²) in [5.41, 5.74) is 0.404. The van der Waals surface area contributed by atoms with Crippen LogP contribution in [0.2, 0.25) is 11.6 Å². The Morgan fingerprint density at radius 3 is 2.00 bits per heavy atom. The van der Waals surface area contributed by atoms with Gasteiger partial charge in [0.25, 0.3) is 0 Å². The predicted octanol–water partition coefficient (Wildman–Crippen LogP) is 1.91. The predicted molar refractivity (Wildman–Crippen MR) is 55.2 cm³/mol. The third kappa shape index (κ3) is 1.54. The second-order valence-electron chi connectivity index (χ2n) is 5.62. The standard InChI is InChI=1S/C10H20BN/c1-10(2,3)12-6-8-4-5-9(7-12)11-8/h8-9,11H,4-7H2,1-3H3. The van der Waals surface area contributed by atoms with Crippen molar-refractivity contribution in [1.29, 1.82) is 0 Å². The Kier molecular flexibility index (Phi) is 1.98. The SMILES string of the molecule is CC(C)(C)N1CC2BC(CC2)C1. The summed E-state index contributed by atoms with van der Waals surface area (Å²) in [5.74, 6) is 2.06. The summed E-state index contributed by atoms with van der Waals surface area (Å²) in [7, 11) is 1.52. The first-order valence-electron chi connectivity index (χ1n) is 5.31. The maximum absolute atomic E-state index is 2.68. The van der Waals surface area contributed by atoms with Gasteiger partial charge in [-0.3, -0.25) is 4.90 Å². The number of rotatable bonds is 0. The van der Waals surface area contributed by atoms with E-state index < -0.39 is 0 Å². The number of nitrogens with zero attached hydrogens (tertiary/aromatic N) is 1. The van der Waals surface area contributed by atoms with Crippen LogP contribution in [0.1, 0.15) is 33.6 Å². The molecule has 2 fully saturated rings. The highest BCUT2D eigenvalue weighted by Gasteiger charge is 2.37. The number of fused-ring (bicyclic) bond motifs is 2. The van der Waals surface area contributed by atoms with Crippen LogP contribution >= 0.6 is 0 Å². The van der Waals surface area contributed by atoms with Crippen molar-refractivity contribution in [2.45, 2.75) is 50.8 Å². The van der Waals surface area contributed by atoms with Crippen LogP contribution in [0, 0.1) is 0 Å². The van der Waals surface area contributed by atoms with Crippen molar-refractivity contribution in [3.05, 3.63) is 0 Å². The summed E-state index contributed by atoms with van der Waals surface area (Å²) < 4.78 is 0. The van der Waals surface area contributed by atoms with Crippen LogP contribution in [0.5, 0.6) is 0 Å². The molecule has 0 radical (unpaired) electrons. The molecule has 2 heteroatoms. The van der Waals surface area contributed by atoms with Crippen molar-refractivity contribution in [2.75, 3.05) is 13.1 Å². The normalized spacial score (nSPS) is 36.6. The van der Waals surface area contributed by atoms with E-state index in [2.05, 4.69) is 25.7 Å². The Morgan fingerprint density at radius 1 is 1.08 bits per heavy atom. The molecule has 2 rings (SSSR count). The maximum Gasteiger partial charge on any atom is 0.130 e. The first-order valence-corrected chi connectivity index (χ1v) is 5.31. The number of likely N-dealkylation sites (tertiary alicyclic amines) is 1. The Labute approximate surface area is 76.8 Å². The van der Waals surface area contributed by atoms with Gasteiger partial charge in [0.2, 0.25) is 0 Å². The van der Waals surface area contributed by atoms with Crippen LogP contribution in [0.25, 0.3) is 0 Å². The molecule has 0 spiro atoms. The highest BCUT2D eigenvalue weighted by atomic mass is 15.2. The maximum atomic E-state index is 2.68. The lowest BCUT2D eigenvalue weighted by atomic mass is 9.57. The van der Waals surface area contributed by atoms with Crippen LogP contribution in [-0.4, -0.2) is 30.8 Å². The molecule has 0 amide bonds. The molecular weight excluding hydrogens is 145 g/mol. The van der Waals surface area contributed by atoms with E-state index in [1.165, 1.54) is 33.2 Å². The van der Waals surface area contributed by atoms with Crippen LogP contribution in [0.3, 0.4) is 0 Å². The third-order valence-corrected chi connectivity index (χ3v) is 3.56. The van der Waals surface area contributed by atoms with Gasteiger partial charge >= 0.3 is 0 Å². The fourth-order valence-corrected chi connectivity index (χ4v) is 2.76. The minimum absolute atomic E-state index is 0.404. The molecule has 1 nitrogen and oxygen atoms in total. The van der Waals surface area contributed by atoms with Gasteiger partial charge in [0.05, 0.1) is 0 Å². The van der Waals surface area contributed by atoms with Crippen LogP contribution < -0.4 is 0 Å². The lowest BCUT2D eigenvalue weighted by Gasteiger charge is -2.41. The monoisotopic (exact) mass is 165 g/mol. The quantitative estimate of drug-likeness (QED) is 0.495. The fraction of sp³-hybridized carbons (Fsp3) is 1.00. The first-order chi connectivity index (χ1) is 5.55. The molecule has 2 aliphatic rings. The number of hydrogen-bond acceptors (Lipinski definition) is 1. The molecule has 0 aromatic carbocycles. The highest BCUT2D eigenvalue weighted by Crippen LogP contribution is 2.40. The zero-order valence-corrected chi connectivity index (χ0v) is 8.64. The Balaban J connectivity index is 2.03. The van der Waals surface area contributed by atoms with E-state index in [1.807, 2.05) is 0 Å². The van der Waals surface area contributed by atoms with Crippen molar-refractivity contribution >= 4 is 7.28 Å². The summed E-state index contributed by atoms with van der Waals surface area (Å²) in [6.45, 7) is 9.76. The molecule has 2 atom stereocenters. The van der Waals surface area contributed by atoms with Gasteiger partial charge < -0.3 is 0 Å². The van der Waals surface area contributed by atoms with Crippen molar-refractivity contribution < 1.29 is 0 Å². The third-order valence-electron chi connectivity index (χ3n) is 3.56.